The van der Waals surface area contributed by atoms with Gasteiger partial charge in [0.15, 0.2) is 0 Å². The van der Waals surface area contributed by atoms with Crippen molar-refractivity contribution in [3.05, 3.63) is 48.4 Å². The van der Waals surface area contributed by atoms with Crippen LogP contribution in [0, 0.1) is 11.8 Å². The van der Waals surface area contributed by atoms with Gasteiger partial charge in [-0.15, -0.1) is 0 Å². The van der Waals surface area contributed by atoms with E-state index in [0.29, 0.717) is 0 Å². The lowest BCUT2D eigenvalue weighted by molar-refractivity contribution is 0.143. The maximum absolute atomic E-state index is 9.73. The van der Waals surface area contributed by atoms with Crippen molar-refractivity contribution < 1.29 is 5.11 Å². The van der Waals surface area contributed by atoms with Gasteiger partial charge in [0.25, 0.3) is 0 Å². The summed E-state index contributed by atoms with van der Waals surface area (Å²) in [4.78, 5) is 4.40. The first kappa shape index (κ1) is 14.3. The Balaban J connectivity index is 2.15. The van der Waals surface area contributed by atoms with E-state index >= 15 is 0 Å². The van der Waals surface area contributed by atoms with Gasteiger partial charge in [0.1, 0.15) is 5.60 Å². The van der Waals surface area contributed by atoms with Gasteiger partial charge < -0.3 is 5.11 Å². The Bertz CT molecular complexity index is 892. The smallest absolute Gasteiger partial charge is 0.120 e. The van der Waals surface area contributed by atoms with Crippen LogP contribution in [-0.4, -0.2) is 25.5 Å². The number of fused-ring (bicyclic) bond motifs is 1. The van der Waals surface area contributed by atoms with Gasteiger partial charge in [-0.2, -0.15) is 5.10 Å². The monoisotopic (exact) mass is 291 g/mol. The number of aryl methyl sites for hydroxylation is 1. The van der Waals surface area contributed by atoms with Crippen molar-refractivity contribution in [1.29, 1.82) is 0 Å². The Kier molecular flexibility index (Phi) is 3.44. The van der Waals surface area contributed by atoms with Crippen LogP contribution in [0.1, 0.15) is 19.4 Å². The second-order valence-corrected chi connectivity index (χ2v) is 5.80. The van der Waals surface area contributed by atoms with Crippen molar-refractivity contribution >= 4 is 10.9 Å². The third-order valence-electron chi connectivity index (χ3n) is 3.27. The van der Waals surface area contributed by atoms with E-state index in [0.717, 1.165) is 27.6 Å². The van der Waals surface area contributed by atoms with Crippen molar-refractivity contribution in [2.45, 2.75) is 19.4 Å². The van der Waals surface area contributed by atoms with E-state index in [1.54, 1.807) is 24.7 Å². The molecule has 110 valence electrons. The summed E-state index contributed by atoms with van der Waals surface area (Å²) in [6.07, 6.45) is 5.61. The highest BCUT2D eigenvalue weighted by molar-refractivity contribution is 5.94. The fourth-order valence-corrected chi connectivity index (χ4v) is 2.26. The summed E-state index contributed by atoms with van der Waals surface area (Å²) in [5.41, 5.74) is 2.88. The first-order valence-corrected chi connectivity index (χ1v) is 7.06. The molecule has 0 spiro atoms. The van der Waals surface area contributed by atoms with Crippen LogP contribution < -0.4 is 0 Å². The number of benzene rings is 1. The zero-order valence-corrected chi connectivity index (χ0v) is 12.8. The van der Waals surface area contributed by atoms with Gasteiger partial charge in [0.2, 0.25) is 0 Å². The van der Waals surface area contributed by atoms with Crippen molar-refractivity contribution in [2.75, 3.05) is 0 Å². The highest BCUT2D eigenvalue weighted by Crippen LogP contribution is 2.27. The second-order valence-electron chi connectivity index (χ2n) is 5.80. The minimum atomic E-state index is -1.00. The molecule has 0 radical (unpaired) electrons. The molecule has 2 aromatic heterocycles. The van der Waals surface area contributed by atoms with Gasteiger partial charge >= 0.3 is 0 Å². The molecular formula is C18H17N3O. The van der Waals surface area contributed by atoms with E-state index in [-0.39, 0.29) is 0 Å². The van der Waals surface area contributed by atoms with E-state index in [4.69, 9.17) is 0 Å². The van der Waals surface area contributed by atoms with Gasteiger partial charge in [-0.1, -0.05) is 11.8 Å². The molecule has 0 aliphatic carbocycles. The fourth-order valence-electron chi connectivity index (χ4n) is 2.26. The van der Waals surface area contributed by atoms with Gasteiger partial charge in [-0.25, -0.2) is 0 Å². The maximum atomic E-state index is 9.73. The summed E-state index contributed by atoms with van der Waals surface area (Å²) in [6.45, 7) is 3.34. The van der Waals surface area contributed by atoms with Crippen LogP contribution in [0.15, 0.2) is 42.9 Å². The van der Waals surface area contributed by atoms with Crippen LogP contribution in [0.25, 0.3) is 22.0 Å². The van der Waals surface area contributed by atoms with Crippen LogP contribution in [0.4, 0.5) is 0 Å². The summed E-state index contributed by atoms with van der Waals surface area (Å²) in [6, 6.07) is 7.85. The summed E-state index contributed by atoms with van der Waals surface area (Å²) in [7, 11) is 1.90. The van der Waals surface area contributed by atoms with Crippen LogP contribution in [0.5, 0.6) is 0 Å². The lowest BCUT2D eigenvalue weighted by Gasteiger charge is -2.07. The molecule has 0 unspecified atom stereocenters. The Morgan fingerprint density at radius 1 is 1.23 bits per heavy atom. The molecule has 4 nitrogen and oxygen atoms in total. The van der Waals surface area contributed by atoms with E-state index in [9.17, 15) is 5.11 Å². The predicted octanol–water partition coefficient (Wildman–Crippen LogP) is 2.76. The second kappa shape index (κ2) is 5.28. The average Bonchev–Trinajstić information content (AvgIpc) is 2.90. The number of aliphatic hydroxyl groups is 1. The van der Waals surface area contributed by atoms with Crippen LogP contribution in [0.3, 0.4) is 0 Å². The minimum Gasteiger partial charge on any atom is -0.378 e. The fraction of sp³-hybridized carbons (Fsp3) is 0.222. The van der Waals surface area contributed by atoms with Crippen LogP contribution in [-0.2, 0) is 7.05 Å². The molecule has 0 amide bonds. The largest absolute Gasteiger partial charge is 0.378 e. The normalized spacial score (nSPS) is 11.3. The highest BCUT2D eigenvalue weighted by Gasteiger charge is 2.08. The quantitative estimate of drug-likeness (QED) is 0.701. The molecule has 3 rings (SSSR count). The molecule has 2 heterocycles. The van der Waals surface area contributed by atoms with Crippen molar-refractivity contribution in [2.24, 2.45) is 7.05 Å². The average molecular weight is 291 g/mol. The first-order chi connectivity index (χ1) is 10.4. The van der Waals surface area contributed by atoms with Gasteiger partial charge in [0, 0.05) is 36.0 Å². The Hall–Kier alpha value is -2.64. The molecule has 0 aliphatic heterocycles. The van der Waals surface area contributed by atoms with Gasteiger partial charge in [-0.05, 0) is 43.7 Å². The Labute approximate surface area is 129 Å². The third kappa shape index (κ3) is 3.00. The number of hydrogen-bond donors (Lipinski definition) is 1. The molecule has 0 aliphatic rings. The summed E-state index contributed by atoms with van der Waals surface area (Å²) in [5.74, 6) is 5.85. The number of hydrogen-bond acceptors (Lipinski definition) is 3. The highest BCUT2D eigenvalue weighted by atomic mass is 16.3. The molecule has 0 fully saturated rings. The number of rotatable bonds is 1. The zero-order chi connectivity index (χ0) is 15.7. The Morgan fingerprint density at radius 2 is 2.05 bits per heavy atom. The molecule has 0 atom stereocenters. The number of aromatic nitrogens is 3. The van der Waals surface area contributed by atoms with Crippen molar-refractivity contribution in [3.63, 3.8) is 0 Å². The standard InChI is InChI=1S/C18H17N3O/c1-18(2,22)8-6-13-4-5-17-16(10-13)15(7-9-19-17)14-11-20-21(3)12-14/h4-5,7,9-12,22H,1-3H3. The molecule has 0 saturated heterocycles. The third-order valence-corrected chi connectivity index (χ3v) is 3.27. The number of pyridine rings is 1. The summed E-state index contributed by atoms with van der Waals surface area (Å²) < 4.78 is 1.78. The molecule has 0 saturated carbocycles. The topological polar surface area (TPSA) is 50.9 Å². The molecule has 22 heavy (non-hydrogen) atoms. The summed E-state index contributed by atoms with van der Waals surface area (Å²) >= 11 is 0. The lowest BCUT2D eigenvalue weighted by Crippen LogP contribution is -2.14. The molecule has 0 bridgehead atoms. The molecule has 3 aromatic rings. The Morgan fingerprint density at radius 3 is 2.73 bits per heavy atom. The van der Waals surface area contributed by atoms with E-state index < -0.39 is 5.60 Å². The molecule has 1 N–H and O–H groups in total. The molecule has 4 heteroatoms. The number of nitrogens with zero attached hydrogens (tertiary/aromatic N) is 3. The van der Waals surface area contributed by atoms with Crippen LogP contribution >= 0.6 is 0 Å². The molecule has 1 aromatic carbocycles. The minimum absolute atomic E-state index is 0.854. The SMILES string of the molecule is Cn1cc(-c2ccnc3ccc(C#CC(C)(C)O)cc23)cn1. The van der Waals surface area contributed by atoms with Gasteiger partial charge in [0.05, 0.1) is 11.7 Å². The van der Waals surface area contributed by atoms with Gasteiger partial charge in [-0.3, -0.25) is 9.67 Å². The van der Waals surface area contributed by atoms with Crippen LogP contribution in [0.2, 0.25) is 0 Å². The zero-order valence-electron chi connectivity index (χ0n) is 12.8. The first-order valence-electron chi connectivity index (χ1n) is 7.06. The lowest BCUT2D eigenvalue weighted by atomic mass is 10.0. The van der Waals surface area contributed by atoms with Crippen molar-refractivity contribution in [1.82, 2.24) is 14.8 Å². The predicted molar refractivity (Wildman–Crippen MR) is 87.1 cm³/mol. The van der Waals surface area contributed by atoms with E-state index in [1.807, 2.05) is 43.7 Å². The van der Waals surface area contributed by atoms with E-state index in [1.165, 1.54) is 0 Å². The maximum Gasteiger partial charge on any atom is 0.120 e. The van der Waals surface area contributed by atoms with E-state index in [2.05, 4.69) is 21.9 Å². The molecular weight excluding hydrogens is 274 g/mol. The van der Waals surface area contributed by atoms with Crippen molar-refractivity contribution in [3.8, 4) is 23.0 Å². The summed E-state index contributed by atoms with van der Waals surface area (Å²) in [5, 5.41) is 15.0.